The Kier molecular flexibility index (Phi) is 2.10. The van der Waals surface area contributed by atoms with Gasteiger partial charge in [0.25, 0.3) is 5.95 Å². The van der Waals surface area contributed by atoms with Crippen LogP contribution in [0.4, 0.5) is 10.2 Å². The van der Waals surface area contributed by atoms with Crippen LogP contribution in [-0.2, 0) is 4.79 Å². The van der Waals surface area contributed by atoms with Gasteiger partial charge in [-0.05, 0) is 0 Å². The van der Waals surface area contributed by atoms with E-state index in [9.17, 15) is 9.18 Å². The summed E-state index contributed by atoms with van der Waals surface area (Å²) in [5.41, 5.74) is 0. The number of amides is 1. The Bertz CT molecular complexity index is 276. The van der Waals surface area contributed by atoms with Gasteiger partial charge in [-0.3, -0.25) is 4.79 Å². The number of anilines is 1. The molecule has 11 heavy (non-hydrogen) atoms. The SMILES string of the molecule is CC(=O)Nc1nccnc1F. The highest BCUT2D eigenvalue weighted by Crippen LogP contribution is 2.03. The first kappa shape index (κ1) is 7.59. The fraction of sp³-hybridized carbons (Fsp3) is 0.167. The highest BCUT2D eigenvalue weighted by molar-refractivity contribution is 5.87. The standard InChI is InChI=1S/C6H6FN3O/c1-4(11)10-6-5(7)8-2-3-9-6/h2-3H,1H3,(H,9,10,11). The van der Waals surface area contributed by atoms with Crippen molar-refractivity contribution in [3.63, 3.8) is 0 Å². The molecule has 0 aromatic carbocycles. The van der Waals surface area contributed by atoms with Crippen LogP contribution in [0.15, 0.2) is 12.4 Å². The Hall–Kier alpha value is -1.52. The molecule has 0 fully saturated rings. The Morgan fingerprint density at radius 1 is 1.55 bits per heavy atom. The van der Waals surface area contributed by atoms with Crippen LogP contribution in [-0.4, -0.2) is 15.9 Å². The van der Waals surface area contributed by atoms with Crippen LogP contribution >= 0.6 is 0 Å². The van der Waals surface area contributed by atoms with Crippen molar-refractivity contribution >= 4 is 11.7 Å². The van der Waals surface area contributed by atoms with Gasteiger partial charge in [-0.2, -0.15) is 4.39 Å². The summed E-state index contributed by atoms with van der Waals surface area (Å²) in [6.45, 7) is 1.27. The molecule has 1 aromatic heterocycles. The number of rotatable bonds is 1. The van der Waals surface area contributed by atoms with Gasteiger partial charge in [0, 0.05) is 19.3 Å². The molecule has 1 amide bonds. The zero-order valence-corrected chi connectivity index (χ0v) is 5.84. The maximum absolute atomic E-state index is 12.6. The second-order valence-corrected chi connectivity index (χ2v) is 1.88. The fourth-order valence-corrected chi connectivity index (χ4v) is 0.572. The molecule has 0 aliphatic rings. The van der Waals surface area contributed by atoms with E-state index in [2.05, 4.69) is 15.3 Å². The number of nitrogens with one attached hydrogen (secondary N) is 1. The molecule has 0 bridgehead atoms. The van der Waals surface area contributed by atoms with Crippen LogP contribution in [0, 0.1) is 5.95 Å². The lowest BCUT2D eigenvalue weighted by Crippen LogP contribution is -2.09. The van der Waals surface area contributed by atoms with E-state index in [0.717, 1.165) is 0 Å². The predicted molar refractivity (Wildman–Crippen MR) is 36.3 cm³/mol. The van der Waals surface area contributed by atoms with Gasteiger partial charge >= 0.3 is 0 Å². The molecule has 4 nitrogen and oxygen atoms in total. The summed E-state index contributed by atoms with van der Waals surface area (Å²) in [5.74, 6) is -1.29. The molecular formula is C6H6FN3O. The van der Waals surface area contributed by atoms with Gasteiger partial charge in [-0.25, -0.2) is 9.97 Å². The van der Waals surface area contributed by atoms with Gasteiger partial charge in [-0.1, -0.05) is 0 Å². The highest BCUT2D eigenvalue weighted by atomic mass is 19.1. The van der Waals surface area contributed by atoms with Gasteiger partial charge in [-0.15, -0.1) is 0 Å². The maximum atomic E-state index is 12.6. The highest BCUT2D eigenvalue weighted by Gasteiger charge is 2.03. The van der Waals surface area contributed by atoms with Gasteiger partial charge < -0.3 is 5.32 Å². The average Bonchev–Trinajstić information content (AvgIpc) is 1.93. The van der Waals surface area contributed by atoms with E-state index < -0.39 is 5.95 Å². The van der Waals surface area contributed by atoms with E-state index in [4.69, 9.17) is 0 Å². The van der Waals surface area contributed by atoms with Gasteiger partial charge in [0.1, 0.15) is 0 Å². The Labute approximate surface area is 62.5 Å². The molecule has 1 rings (SSSR count). The molecule has 0 saturated carbocycles. The number of hydrogen-bond acceptors (Lipinski definition) is 3. The van der Waals surface area contributed by atoms with Crippen LogP contribution in [0.5, 0.6) is 0 Å². The van der Waals surface area contributed by atoms with Crippen molar-refractivity contribution in [3.8, 4) is 0 Å². The molecule has 0 aliphatic heterocycles. The van der Waals surface area contributed by atoms with Crippen molar-refractivity contribution in [2.45, 2.75) is 6.92 Å². The maximum Gasteiger partial charge on any atom is 0.256 e. The average molecular weight is 155 g/mol. The minimum atomic E-state index is -0.775. The zero-order valence-electron chi connectivity index (χ0n) is 5.84. The number of nitrogens with zero attached hydrogens (tertiary/aromatic N) is 2. The second-order valence-electron chi connectivity index (χ2n) is 1.88. The Balaban J connectivity index is 2.86. The molecule has 0 radical (unpaired) electrons. The van der Waals surface area contributed by atoms with E-state index in [1.165, 1.54) is 19.3 Å². The number of hydrogen-bond donors (Lipinski definition) is 1. The van der Waals surface area contributed by atoms with E-state index in [0.29, 0.717) is 0 Å². The van der Waals surface area contributed by atoms with Crippen LogP contribution in [0.3, 0.4) is 0 Å². The van der Waals surface area contributed by atoms with Gasteiger partial charge in [0.2, 0.25) is 5.91 Å². The molecule has 0 spiro atoms. The third kappa shape index (κ3) is 1.96. The van der Waals surface area contributed by atoms with Crippen molar-refractivity contribution in [1.82, 2.24) is 9.97 Å². The van der Waals surface area contributed by atoms with E-state index in [1.54, 1.807) is 0 Å². The molecule has 0 aliphatic carbocycles. The van der Waals surface area contributed by atoms with Crippen molar-refractivity contribution in [1.29, 1.82) is 0 Å². The Morgan fingerprint density at radius 3 is 2.73 bits per heavy atom. The van der Waals surface area contributed by atoms with Gasteiger partial charge in [0.15, 0.2) is 5.82 Å². The van der Waals surface area contributed by atoms with Gasteiger partial charge in [0.05, 0.1) is 0 Å². The smallest absolute Gasteiger partial charge is 0.256 e. The molecule has 1 N–H and O–H groups in total. The summed E-state index contributed by atoms with van der Waals surface area (Å²) in [7, 11) is 0. The normalized spacial score (nSPS) is 9.27. The van der Waals surface area contributed by atoms with Crippen molar-refractivity contribution in [3.05, 3.63) is 18.3 Å². The first-order valence-corrected chi connectivity index (χ1v) is 2.94. The van der Waals surface area contributed by atoms with E-state index in [-0.39, 0.29) is 11.7 Å². The fourth-order valence-electron chi connectivity index (χ4n) is 0.572. The third-order valence-electron chi connectivity index (χ3n) is 0.948. The molecule has 58 valence electrons. The quantitative estimate of drug-likeness (QED) is 0.645. The van der Waals surface area contributed by atoms with Crippen molar-refractivity contribution in [2.24, 2.45) is 0 Å². The summed E-state index contributed by atoms with van der Waals surface area (Å²) in [5, 5.41) is 2.19. The first-order chi connectivity index (χ1) is 5.20. The van der Waals surface area contributed by atoms with Crippen molar-refractivity contribution in [2.75, 3.05) is 5.32 Å². The Morgan fingerprint density at radius 2 is 2.18 bits per heavy atom. The summed E-state index contributed by atoms with van der Waals surface area (Å²) < 4.78 is 12.6. The van der Waals surface area contributed by atoms with Crippen LogP contribution in [0.2, 0.25) is 0 Å². The molecule has 0 saturated heterocycles. The topological polar surface area (TPSA) is 54.9 Å². The lowest BCUT2D eigenvalue weighted by molar-refractivity contribution is -0.114. The zero-order chi connectivity index (χ0) is 8.27. The summed E-state index contributed by atoms with van der Waals surface area (Å²) in [6.07, 6.45) is 2.51. The minimum absolute atomic E-state index is 0.139. The molecule has 0 unspecified atom stereocenters. The lowest BCUT2D eigenvalue weighted by Gasteiger charge is -1.98. The number of carbonyl (C=O) groups is 1. The largest absolute Gasteiger partial charge is 0.307 e. The summed E-state index contributed by atoms with van der Waals surface area (Å²) in [6, 6.07) is 0. The predicted octanol–water partition coefficient (Wildman–Crippen LogP) is 0.574. The van der Waals surface area contributed by atoms with Crippen LogP contribution in [0.25, 0.3) is 0 Å². The molecule has 0 atom stereocenters. The van der Waals surface area contributed by atoms with E-state index in [1.807, 2.05) is 0 Å². The van der Waals surface area contributed by atoms with Crippen LogP contribution < -0.4 is 5.32 Å². The molecule has 5 heteroatoms. The monoisotopic (exact) mass is 155 g/mol. The van der Waals surface area contributed by atoms with E-state index >= 15 is 0 Å². The third-order valence-corrected chi connectivity index (χ3v) is 0.948. The molecule has 1 aromatic rings. The second kappa shape index (κ2) is 3.05. The summed E-state index contributed by atoms with van der Waals surface area (Å²) in [4.78, 5) is 17.3. The molecule has 1 heterocycles. The minimum Gasteiger partial charge on any atom is -0.307 e. The van der Waals surface area contributed by atoms with Crippen LogP contribution in [0.1, 0.15) is 6.92 Å². The first-order valence-electron chi connectivity index (χ1n) is 2.94. The summed E-state index contributed by atoms with van der Waals surface area (Å²) >= 11 is 0. The van der Waals surface area contributed by atoms with Crippen molar-refractivity contribution < 1.29 is 9.18 Å². The number of carbonyl (C=O) groups excluding carboxylic acids is 1. The molecular weight excluding hydrogens is 149 g/mol. The lowest BCUT2D eigenvalue weighted by atomic mass is 10.6. The number of halogens is 1. The number of aromatic nitrogens is 2.